The Balaban J connectivity index is 1.44. The lowest BCUT2D eigenvalue weighted by molar-refractivity contribution is -0.111. The lowest BCUT2D eigenvalue weighted by Crippen LogP contribution is -2.07. The molecular weight excluding hydrogens is 310 g/mol. The second-order valence-corrected chi connectivity index (χ2v) is 6.33. The molecule has 114 valence electrons. The zero-order valence-electron chi connectivity index (χ0n) is 12.1. The second kappa shape index (κ2) is 5.85. The normalized spacial score (nSPS) is 14.4. The molecule has 2 aromatic heterocycles. The molecule has 1 saturated carbocycles. The molecule has 6 nitrogen and oxygen atoms in total. The van der Waals surface area contributed by atoms with E-state index >= 15 is 0 Å². The predicted molar refractivity (Wildman–Crippen MR) is 89.1 cm³/mol. The van der Waals surface area contributed by atoms with Crippen LogP contribution in [0.5, 0.6) is 0 Å². The van der Waals surface area contributed by atoms with E-state index < -0.39 is 0 Å². The summed E-state index contributed by atoms with van der Waals surface area (Å²) in [5.41, 5.74) is 2.26. The highest BCUT2D eigenvalue weighted by atomic mass is 32.1. The molecule has 0 atom stereocenters. The molecule has 0 unspecified atom stereocenters. The van der Waals surface area contributed by atoms with E-state index in [0.29, 0.717) is 16.7 Å². The molecule has 0 spiro atoms. The third-order valence-corrected chi connectivity index (χ3v) is 4.47. The number of nitrogens with one attached hydrogen (secondary N) is 1. The standard InChI is InChI=1S/C16H13N5OS/c22-14(19-16-21-20-15(23-16)10-5-6-10)8-7-11-9-17-12-3-1-2-4-13(12)18-11/h1-4,7-10H,5-6H2,(H,19,21,22)/b8-7+. The number of hydrogen-bond acceptors (Lipinski definition) is 6. The van der Waals surface area contributed by atoms with Crippen molar-refractivity contribution in [2.45, 2.75) is 18.8 Å². The van der Waals surface area contributed by atoms with E-state index in [-0.39, 0.29) is 5.91 Å². The van der Waals surface area contributed by atoms with Crippen LogP contribution >= 0.6 is 11.3 Å². The first-order valence-corrected chi connectivity index (χ1v) is 8.14. The molecule has 0 radical (unpaired) electrons. The van der Waals surface area contributed by atoms with Crippen LogP contribution in [0, 0.1) is 0 Å². The maximum Gasteiger partial charge on any atom is 0.250 e. The van der Waals surface area contributed by atoms with Gasteiger partial charge in [0.1, 0.15) is 5.01 Å². The van der Waals surface area contributed by atoms with Gasteiger partial charge >= 0.3 is 0 Å². The molecule has 1 aliphatic rings. The number of benzene rings is 1. The summed E-state index contributed by atoms with van der Waals surface area (Å²) in [6, 6.07) is 7.61. The summed E-state index contributed by atoms with van der Waals surface area (Å²) in [7, 11) is 0. The van der Waals surface area contributed by atoms with Crippen LogP contribution in [0.1, 0.15) is 29.5 Å². The van der Waals surface area contributed by atoms with Gasteiger partial charge in [0.05, 0.1) is 22.9 Å². The fourth-order valence-electron chi connectivity index (χ4n) is 2.14. The van der Waals surface area contributed by atoms with Crippen LogP contribution in [0.15, 0.2) is 36.5 Å². The summed E-state index contributed by atoms with van der Waals surface area (Å²) >= 11 is 1.44. The highest BCUT2D eigenvalue weighted by Crippen LogP contribution is 2.41. The number of rotatable bonds is 4. The van der Waals surface area contributed by atoms with Crippen molar-refractivity contribution in [1.29, 1.82) is 0 Å². The molecule has 1 aromatic carbocycles. The molecule has 0 saturated heterocycles. The van der Waals surface area contributed by atoms with Crippen molar-refractivity contribution in [3.05, 3.63) is 47.2 Å². The first-order valence-electron chi connectivity index (χ1n) is 7.32. The van der Waals surface area contributed by atoms with Crippen molar-refractivity contribution in [2.75, 3.05) is 5.32 Å². The van der Waals surface area contributed by atoms with Gasteiger partial charge in [0.2, 0.25) is 11.0 Å². The van der Waals surface area contributed by atoms with Gasteiger partial charge in [0.25, 0.3) is 0 Å². The van der Waals surface area contributed by atoms with Crippen LogP contribution in [0.25, 0.3) is 17.1 Å². The third kappa shape index (κ3) is 3.24. The Morgan fingerprint density at radius 3 is 2.87 bits per heavy atom. The summed E-state index contributed by atoms with van der Waals surface area (Å²) < 4.78 is 0. The van der Waals surface area contributed by atoms with Gasteiger partial charge in [-0.25, -0.2) is 4.98 Å². The first-order chi connectivity index (χ1) is 11.3. The predicted octanol–water partition coefficient (Wildman–Crippen LogP) is 3.01. The van der Waals surface area contributed by atoms with E-state index in [0.717, 1.165) is 16.0 Å². The Labute approximate surface area is 136 Å². The molecule has 0 aliphatic heterocycles. The average molecular weight is 323 g/mol. The van der Waals surface area contributed by atoms with Crippen molar-refractivity contribution in [2.24, 2.45) is 0 Å². The number of aromatic nitrogens is 4. The van der Waals surface area contributed by atoms with Crippen LogP contribution in [0.3, 0.4) is 0 Å². The SMILES string of the molecule is O=C(/C=C/c1cnc2ccccc2n1)Nc1nnc(C2CC2)s1. The lowest BCUT2D eigenvalue weighted by Gasteiger charge is -1.98. The van der Waals surface area contributed by atoms with Crippen molar-refractivity contribution in [3.63, 3.8) is 0 Å². The smallest absolute Gasteiger partial charge is 0.250 e. The highest BCUT2D eigenvalue weighted by molar-refractivity contribution is 7.15. The van der Waals surface area contributed by atoms with Gasteiger partial charge in [-0.3, -0.25) is 15.1 Å². The Kier molecular flexibility index (Phi) is 3.55. The summed E-state index contributed by atoms with van der Waals surface area (Å²) in [6.07, 6.45) is 7.04. The maximum atomic E-state index is 11.9. The molecule has 0 bridgehead atoms. The molecule has 3 aromatic rings. The molecular formula is C16H13N5OS. The van der Waals surface area contributed by atoms with Gasteiger partial charge in [-0.15, -0.1) is 10.2 Å². The van der Waals surface area contributed by atoms with Crippen molar-refractivity contribution in [1.82, 2.24) is 20.2 Å². The quantitative estimate of drug-likeness (QED) is 0.747. The average Bonchev–Trinajstić information content (AvgIpc) is 3.33. The van der Waals surface area contributed by atoms with Gasteiger partial charge in [-0.1, -0.05) is 23.5 Å². The minimum absolute atomic E-state index is 0.251. The number of hydrogen-bond donors (Lipinski definition) is 1. The molecule has 23 heavy (non-hydrogen) atoms. The number of carbonyl (C=O) groups excluding carboxylic acids is 1. The Bertz CT molecular complexity index is 900. The van der Waals surface area contributed by atoms with Crippen LogP contribution in [0.2, 0.25) is 0 Å². The first kappa shape index (κ1) is 14.0. The van der Waals surface area contributed by atoms with E-state index in [2.05, 4.69) is 25.5 Å². The monoisotopic (exact) mass is 323 g/mol. The number of anilines is 1. The number of fused-ring (bicyclic) bond motifs is 1. The van der Waals surface area contributed by atoms with E-state index in [4.69, 9.17) is 0 Å². The van der Waals surface area contributed by atoms with Crippen LogP contribution in [-0.4, -0.2) is 26.1 Å². The zero-order valence-corrected chi connectivity index (χ0v) is 13.0. The highest BCUT2D eigenvalue weighted by Gasteiger charge is 2.27. The molecule has 7 heteroatoms. The number of para-hydroxylation sites is 2. The minimum atomic E-state index is -0.251. The van der Waals surface area contributed by atoms with Crippen LogP contribution in [0.4, 0.5) is 5.13 Å². The van der Waals surface area contributed by atoms with Crippen molar-refractivity contribution >= 4 is 39.5 Å². The lowest BCUT2D eigenvalue weighted by atomic mass is 10.3. The largest absolute Gasteiger partial charge is 0.297 e. The van der Waals surface area contributed by atoms with E-state index in [9.17, 15) is 4.79 Å². The summed E-state index contributed by atoms with van der Waals surface area (Å²) in [4.78, 5) is 20.7. The fraction of sp³-hybridized carbons (Fsp3) is 0.188. The molecule has 4 rings (SSSR count). The third-order valence-electron chi connectivity index (χ3n) is 3.47. The van der Waals surface area contributed by atoms with Crippen LogP contribution < -0.4 is 5.32 Å². The Hall–Kier alpha value is -2.67. The van der Waals surface area contributed by atoms with Gasteiger partial charge in [-0.2, -0.15) is 0 Å². The minimum Gasteiger partial charge on any atom is -0.297 e. The molecule has 1 aliphatic carbocycles. The number of carbonyl (C=O) groups is 1. The van der Waals surface area contributed by atoms with Crippen molar-refractivity contribution in [3.8, 4) is 0 Å². The van der Waals surface area contributed by atoms with Gasteiger partial charge < -0.3 is 0 Å². The fourth-order valence-corrected chi connectivity index (χ4v) is 3.06. The van der Waals surface area contributed by atoms with E-state index in [1.54, 1.807) is 12.3 Å². The summed E-state index contributed by atoms with van der Waals surface area (Å²) in [6.45, 7) is 0. The van der Waals surface area contributed by atoms with Gasteiger partial charge in [0, 0.05) is 12.0 Å². The molecule has 2 heterocycles. The second-order valence-electron chi connectivity index (χ2n) is 5.33. The van der Waals surface area contributed by atoms with Crippen LogP contribution in [-0.2, 0) is 4.79 Å². The maximum absolute atomic E-state index is 11.9. The van der Waals surface area contributed by atoms with Gasteiger partial charge in [0.15, 0.2) is 0 Å². The van der Waals surface area contributed by atoms with Gasteiger partial charge in [-0.05, 0) is 31.1 Å². The zero-order chi connectivity index (χ0) is 15.6. The van der Waals surface area contributed by atoms with E-state index in [1.165, 1.54) is 30.3 Å². The molecule has 1 N–H and O–H groups in total. The van der Waals surface area contributed by atoms with Crippen molar-refractivity contribution < 1.29 is 4.79 Å². The topological polar surface area (TPSA) is 80.7 Å². The summed E-state index contributed by atoms with van der Waals surface area (Å²) in [5, 5.41) is 12.3. The molecule has 1 amide bonds. The Morgan fingerprint density at radius 1 is 1.22 bits per heavy atom. The molecule has 1 fully saturated rings. The van der Waals surface area contributed by atoms with E-state index in [1.807, 2.05) is 24.3 Å². The summed E-state index contributed by atoms with van der Waals surface area (Å²) in [5.74, 6) is 0.292. The number of nitrogens with zero attached hydrogens (tertiary/aromatic N) is 4. The Morgan fingerprint density at radius 2 is 2.04 bits per heavy atom. The number of amides is 1.